The normalized spacial score (nSPS) is 19.5. The maximum absolute atomic E-state index is 13.4. The minimum absolute atomic E-state index is 0.0318. The van der Waals surface area contributed by atoms with Gasteiger partial charge in [-0.2, -0.15) is 0 Å². The Bertz CT molecular complexity index is 1190. The molecule has 7 nitrogen and oxygen atoms in total. The molecular formula is C28H31N3O4. The number of hydrogen-bond donors (Lipinski definition) is 2. The van der Waals surface area contributed by atoms with E-state index in [-0.39, 0.29) is 29.2 Å². The number of phenolic OH excluding ortho intramolecular Hbond substituents is 1. The van der Waals surface area contributed by atoms with Gasteiger partial charge >= 0.3 is 0 Å². The number of carbonyl (C=O) groups is 2. The number of ether oxygens (including phenoxy) is 1. The van der Waals surface area contributed by atoms with E-state index >= 15 is 0 Å². The van der Waals surface area contributed by atoms with Crippen molar-refractivity contribution in [2.75, 3.05) is 39.4 Å². The lowest BCUT2D eigenvalue weighted by atomic mass is 10.0. The first-order valence-electron chi connectivity index (χ1n) is 12.3. The highest BCUT2D eigenvalue weighted by molar-refractivity contribution is 6.05. The van der Waals surface area contributed by atoms with Crippen molar-refractivity contribution in [2.45, 2.75) is 24.9 Å². The second-order valence-electron chi connectivity index (χ2n) is 9.16. The van der Waals surface area contributed by atoms with Crippen molar-refractivity contribution in [3.05, 3.63) is 77.9 Å². The summed E-state index contributed by atoms with van der Waals surface area (Å²) >= 11 is 0. The quantitative estimate of drug-likeness (QED) is 0.574. The number of amides is 2. The average molecular weight is 474 g/mol. The molecule has 2 N–H and O–H groups in total. The Kier molecular flexibility index (Phi) is 6.97. The number of hydrogen-bond acceptors (Lipinski definition) is 5. The van der Waals surface area contributed by atoms with Gasteiger partial charge in [-0.25, -0.2) is 0 Å². The van der Waals surface area contributed by atoms with Crippen molar-refractivity contribution in [1.29, 1.82) is 0 Å². The molecule has 0 bridgehead atoms. The van der Waals surface area contributed by atoms with Gasteiger partial charge in [-0.1, -0.05) is 60.7 Å². The molecule has 0 aromatic heterocycles. The third kappa shape index (κ3) is 4.88. The summed E-state index contributed by atoms with van der Waals surface area (Å²) in [4.78, 5) is 30.6. The number of likely N-dealkylation sites (tertiary alicyclic amines) is 1. The highest BCUT2D eigenvalue weighted by Gasteiger charge is 2.36. The fourth-order valence-corrected chi connectivity index (χ4v) is 5.20. The van der Waals surface area contributed by atoms with Gasteiger partial charge in [0.15, 0.2) is 0 Å². The van der Waals surface area contributed by atoms with Crippen molar-refractivity contribution in [2.24, 2.45) is 0 Å². The number of rotatable bonds is 6. The second-order valence-corrected chi connectivity index (χ2v) is 9.16. The van der Waals surface area contributed by atoms with E-state index in [1.807, 2.05) is 42.5 Å². The largest absolute Gasteiger partial charge is 0.506 e. The lowest BCUT2D eigenvalue weighted by Crippen LogP contribution is -2.49. The van der Waals surface area contributed by atoms with Gasteiger partial charge in [0.2, 0.25) is 5.91 Å². The molecule has 2 unspecified atom stereocenters. The number of phenols is 1. The summed E-state index contributed by atoms with van der Waals surface area (Å²) in [5, 5.41) is 15.4. The molecule has 0 radical (unpaired) electrons. The zero-order chi connectivity index (χ0) is 24.2. The second kappa shape index (κ2) is 10.5. The summed E-state index contributed by atoms with van der Waals surface area (Å²) in [5.41, 5.74) is 1.38. The smallest absolute Gasteiger partial charge is 0.258 e. The standard InChI is InChI=1S/C28H31N3O4/c32-26-22-10-5-4-7-20(22)12-13-23(26)28(34)31-14-6-11-24(31)27(33)29-19-25(21-8-2-1-3-9-21)30-15-17-35-18-16-30/h1-5,7-10,12-13,24-25,32H,6,11,14-19H2,(H,29,33). The van der Waals surface area contributed by atoms with Crippen molar-refractivity contribution >= 4 is 22.6 Å². The van der Waals surface area contributed by atoms with E-state index in [9.17, 15) is 14.7 Å². The fraction of sp³-hybridized carbons (Fsp3) is 0.357. The number of nitrogens with zero attached hydrogens (tertiary/aromatic N) is 2. The lowest BCUT2D eigenvalue weighted by molar-refractivity contribution is -0.125. The van der Waals surface area contributed by atoms with Crippen LogP contribution in [0.25, 0.3) is 10.8 Å². The van der Waals surface area contributed by atoms with Gasteiger partial charge in [0.1, 0.15) is 11.8 Å². The maximum Gasteiger partial charge on any atom is 0.258 e. The van der Waals surface area contributed by atoms with Crippen LogP contribution in [0.1, 0.15) is 34.8 Å². The molecule has 3 aromatic carbocycles. The zero-order valence-corrected chi connectivity index (χ0v) is 19.7. The van der Waals surface area contributed by atoms with Gasteiger partial charge in [0.25, 0.3) is 5.91 Å². The zero-order valence-electron chi connectivity index (χ0n) is 19.7. The van der Waals surface area contributed by atoms with Crippen LogP contribution in [0.5, 0.6) is 5.75 Å². The summed E-state index contributed by atoms with van der Waals surface area (Å²) in [6.45, 7) is 3.93. The Morgan fingerprint density at radius 1 is 0.971 bits per heavy atom. The van der Waals surface area contributed by atoms with Gasteiger partial charge < -0.3 is 20.1 Å². The van der Waals surface area contributed by atoms with E-state index < -0.39 is 6.04 Å². The molecule has 182 valence electrons. The van der Waals surface area contributed by atoms with Crippen molar-refractivity contribution in [1.82, 2.24) is 15.1 Å². The van der Waals surface area contributed by atoms with Crippen LogP contribution >= 0.6 is 0 Å². The van der Waals surface area contributed by atoms with Crippen LogP contribution in [0.2, 0.25) is 0 Å². The number of fused-ring (bicyclic) bond motifs is 1. The monoisotopic (exact) mass is 473 g/mol. The minimum Gasteiger partial charge on any atom is -0.506 e. The van der Waals surface area contributed by atoms with E-state index in [0.717, 1.165) is 30.5 Å². The lowest BCUT2D eigenvalue weighted by Gasteiger charge is -2.35. The topological polar surface area (TPSA) is 82.1 Å². The number of benzene rings is 3. The van der Waals surface area contributed by atoms with Crippen LogP contribution in [-0.4, -0.2) is 72.2 Å². The number of carbonyl (C=O) groups excluding carboxylic acids is 2. The fourth-order valence-electron chi connectivity index (χ4n) is 5.20. The predicted octanol–water partition coefficient (Wildman–Crippen LogP) is 3.34. The third-order valence-electron chi connectivity index (χ3n) is 7.09. The predicted molar refractivity (Wildman–Crippen MR) is 134 cm³/mol. The first-order chi connectivity index (χ1) is 17.1. The molecule has 3 aromatic rings. The molecule has 0 saturated carbocycles. The average Bonchev–Trinajstić information content (AvgIpc) is 3.40. The molecule has 0 spiro atoms. The molecule has 2 atom stereocenters. The van der Waals surface area contributed by atoms with Crippen LogP contribution in [0, 0.1) is 0 Å². The molecular weight excluding hydrogens is 442 g/mol. The molecule has 35 heavy (non-hydrogen) atoms. The summed E-state index contributed by atoms with van der Waals surface area (Å²) < 4.78 is 5.52. The van der Waals surface area contributed by atoms with Crippen LogP contribution in [0.15, 0.2) is 66.7 Å². The van der Waals surface area contributed by atoms with Gasteiger partial charge in [-0.15, -0.1) is 0 Å². The van der Waals surface area contributed by atoms with Gasteiger partial charge in [0, 0.05) is 31.6 Å². The Morgan fingerprint density at radius 2 is 1.71 bits per heavy atom. The third-order valence-corrected chi connectivity index (χ3v) is 7.09. The van der Waals surface area contributed by atoms with E-state index in [1.165, 1.54) is 0 Å². The van der Waals surface area contributed by atoms with Crippen LogP contribution in [-0.2, 0) is 9.53 Å². The maximum atomic E-state index is 13.4. The molecule has 2 fully saturated rings. The number of nitrogens with one attached hydrogen (secondary N) is 1. The molecule has 7 heteroatoms. The summed E-state index contributed by atoms with van der Waals surface area (Å²) in [6.07, 6.45) is 1.36. The highest BCUT2D eigenvalue weighted by Crippen LogP contribution is 2.31. The SMILES string of the molecule is O=C(NCC(c1ccccc1)N1CCOCC1)C1CCCN1C(=O)c1ccc2ccccc2c1O. The Hall–Kier alpha value is -3.42. The van der Waals surface area contributed by atoms with Gasteiger partial charge in [0.05, 0.1) is 24.8 Å². The summed E-state index contributed by atoms with van der Waals surface area (Å²) in [7, 11) is 0. The summed E-state index contributed by atoms with van der Waals surface area (Å²) in [5.74, 6) is -0.486. The van der Waals surface area contributed by atoms with E-state index in [0.29, 0.717) is 38.1 Å². The van der Waals surface area contributed by atoms with Crippen molar-refractivity contribution in [3.8, 4) is 5.75 Å². The van der Waals surface area contributed by atoms with Gasteiger partial charge in [-0.05, 0) is 29.9 Å². The number of aromatic hydroxyl groups is 1. The van der Waals surface area contributed by atoms with Crippen LogP contribution < -0.4 is 5.32 Å². The van der Waals surface area contributed by atoms with Gasteiger partial charge in [-0.3, -0.25) is 14.5 Å². The van der Waals surface area contributed by atoms with E-state index in [4.69, 9.17) is 4.74 Å². The molecule has 2 aliphatic heterocycles. The van der Waals surface area contributed by atoms with Crippen LogP contribution in [0.3, 0.4) is 0 Å². The molecule has 5 rings (SSSR count). The molecule has 2 amide bonds. The van der Waals surface area contributed by atoms with Crippen LogP contribution in [0.4, 0.5) is 0 Å². The minimum atomic E-state index is -0.547. The highest BCUT2D eigenvalue weighted by atomic mass is 16.5. The Labute approximate surface area is 205 Å². The first-order valence-corrected chi connectivity index (χ1v) is 12.3. The molecule has 2 heterocycles. The first kappa shape index (κ1) is 23.3. The molecule has 2 saturated heterocycles. The molecule has 2 aliphatic rings. The van der Waals surface area contributed by atoms with E-state index in [2.05, 4.69) is 22.3 Å². The summed E-state index contributed by atoms with van der Waals surface area (Å²) in [6, 6.07) is 20.6. The van der Waals surface area contributed by atoms with Crippen molar-refractivity contribution < 1.29 is 19.4 Å². The number of morpholine rings is 1. The van der Waals surface area contributed by atoms with E-state index in [1.54, 1.807) is 17.0 Å². The molecule has 0 aliphatic carbocycles. The Morgan fingerprint density at radius 3 is 2.51 bits per heavy atom. The Balaban J connectivity index is 1.31. The van der Waals surface area contributed by atoms with Crippen molar-refractivity contribution in [3.63, 3.8) is 0 Å².